The summed E-state index contributed by atoms with van der Waals surface area (Å²) in [6.07, 6.45) is 4.84. The monoisotopic (exact) mass is 450 g/mol. The minimum atomic E-state index is -0.530. The molecule has 0 saturated carbocycles. The molecule has 2 aromatic rings. The van der Waals surface area contributed by atoms with Crippen molar-refractivity contribution in [3.63, 3.8) is 0 Å². The van der Waals surface area contributed by atoms with Crippen LogP contribution in [0.15, 0.2) is 56.5 Å². The number of thioether (sulfide) groups is 1. The van der Waals surface area contributed by atoms with Crippen LogP contribution in [0.25, 0.3) is 17.4 Å². The fraction of sp³-hybridized carbons (Fsp3) is 0.238. The molecule has 5 rings (SSSR count). The van der Waals surface area contributed by atoms with Gasteiger partial charge in [-0.3, -0.25) is 20.3 Å². The van der Waals surface area contributed by atoms with Gasteiger partial charge in [-0.25, -0.2) is 0 Å². The first-order chi connectivity index (χ1) is 15.5. The molecule has 0 atom stereocenters. The molecule has 4 heterocycles. The summed E-state index contributed by atoms with van der Waals surface area (Å²) in [6.45, 7) is 1.81. The predicted octanol–water partition coefficient (Wildman–Crippen LogP) is 3.92. The van der Waals surface area contributed by atoms with Crippen LogP contribution in [0.2, 0.25) is 0 Å². The quantitative estimate of drug-likeness (QED) is 0.426. The normalized spacial score (nSPS) is 19.8. The molecule has 1 saturated heterocycles. The molecular weight excluding hydrogens is 432 g/mol. The third-order valence-corrected chi connectivity index (χ3v) is 6.29. The number of carbonyl (C=O) groups excluding carboxylic acids is 1. The maximum atomic E-state index is 12.6. The molecule has 3 aliphatic heterocycles. The van der Waals surface area contributed by atoms with Gasteiger partial charge in [-0.2, -0.15) is 10.0 Å². The van der Waals surface area contributed by atoms with Gasteiger partial charge in [0.1, 0.15) is 11.5 Å². The van der Waals surface area contributed by atoms with Crippen molar-refractivity contribution < 1.29 is 14.1 Å². The Labute approximate surface area is 186 Å². The Kier molecular flexibility index (Phi) is 5.10. The van der Waals surface area contributed by atoms with Gasteiger partial charge in [0.05, 0.1) is 10.5 Å². The van der Waals surface area contributed by atoms with Gasteiger partial charge in [0.25, 0.3) is 11.6 Å². The number of nitro benzene ring substituents is 1. The van der Waals surface area contributed by atoms with Crippen molar-refractivity contribution in [2.75, 3.05) is 13.1 Å². The summed E-state index contributed by atoms with van der Waals surface area (Å²) >= 11 is 1.31. The highest BCUT2D eigenvalue weighted by molar-refractivity contribution is 8.26. The van der Waals surface area contributed by atoms with Crippen molar-refractivity contribution in [2.45, 2.75) is 19.3 Å². The highest BCUT2D eigenvalue weighted by Crippen LogP contribution is 2.32. The third-order valence-electron chi connectivity index (χ3n) is 5.33. The van der Waals surface area contributed by atoms with Crippen molar-refractivity contribution in [3.05, 3.63) is 57.8 Å². The van der Waals surface area contributed by atoms with E-state index in [-0.39, 0.29) is 17.1 Å². The van der Waals surface area contributed by atoms with E-state index >= 15 is 0 Å². The third kappa shape index (κ3) is 3.71. The highest BCUT2D eigenvalue weighted by Gasteiger charge is 2.37. The number of fused-ring (bicyclic) bond motifs is 1. The molecule has 0 radical (unpaired) electrons. The molecule has 10 nitrogen and oxygen atoms in total. The van der Waals surface area contributed by atoms with E-state index in [0.717, 1.165) is 31.1 Å². The van der Waals surface area contributed by atoms with Crippen LogP contribution in [0.5, 0.6) is 0 Å². The molecule has 1 amide bonds. The van der Waals surface area contributed by atoms with Crippen molar-refractivity contribution in [3.8, 4) is 11.3 Å². The second-order valence-electron chi connectivity index (χ2n) is 7.46. The first-order valence-electron chi connectivity index (χ1n) is 10.1. The molecule has 32 heavy (non-hydrogen) atoms. The van der Waals surface area contributed by atoms with Crippen LogP contribution in [0.1, 0.15) is 25.0 Å². The first kappa shape index (κ1) is 20.2. The zero-order chi connectivity index (χ0) is 22.2. The van der Waals surface area contributed by atoms with Gasteiger partial charge in [-0.1, -0.05) is 12.1 Å². The lowest BCUT2D eigenvalue weighted by Gasteiger charge is -2.26. The number of nitrogens with zero attached hydrogens (tertiary/aromatic N) is 5. The number of hydrazone groups is 1. The standard InChI is InChI=1S/C21H18N6O4S/c22-18-16(12-15-7-8-17(31-15)13-5-4-6-14(11-13)27(29)30)19(28)23-20-26(18)24-21(32-20)25-9-2-1-3-10-25/h4-8,11-12,22H,1-3,9-10H2/b16-12+,22-18?. The van der Waals surface area contributed by atoms with Gasteiger partial charge in [0.2, 0.25) is 5.17 Å². The summed E-state index contributed by atoms with van der Waals surface area (Å²) in [6, 6.07) is 9.40. The Balaban J connectivity index is 1.40. The number of non-ortho nitro benzene ring substituents is 1. The van der Waals surface area contributed by atoms with Crippen LogP contribution < -0.4 is 0 Å². The summed E-state index contributed by atoms with van der Waals surface area (Å²) < 4.78 is 5.77. The van der Waals surface area contributed by atoms with Crippen LogP contribution >= 0.6 is 11.8 Å². The van der Waals surface area contributed by atoms with Gasteiger partial charge >= 0.3 is 0 Å². The molecule has 3 aliphatic rings. The lowest BCUT2D eigenvalue weighted by Crippen LogP contribution is -2.35. The number of nitro groups is 1. The number of amides is 1. The van der Waals surface area contributed by atoms with E-state index in [1.165, 1.54) is 41.4 Å². The van der Waals surface area contributed by atoms with Gasteiger partial charge in [0, 0.05) is 30.8 Å². The van der Waals surface area contributed by atoms with Gasteiger partial charge in [0.15, 0.2) is 11.0 Å². The molecule has 162 valence electrons. The van der Waals surface area contributed by atoms with E-state index in [9.17, 15) is 14.9 Å². The summed E-state index contributed by atoms with van der Waals surface area (Å²) in [4.78, 5) is 29.4. The molecule has 11 heteroatoms. The Morgan fingerprint density at radius 1 is 1.16 bits per heavy atom. The fourth-order valence-electron chi connectivity index (χ4n) is 3.70. The molecule has 0 aliphatic carbocycles. The minimum Gasteiger partial charge on any atom is -0.457 e. The maximum absolute atomic E-state index is 12.6. The molecule has 1 fully saturated rings. The number of aliphatic imine (C=N–C) groups is 1. The average molecular weight is 450 g/mol. The van der Waals surface area contributed by atoms with E-state index in [0.29, 0.717) is 22.3 Å². The summed E-state index contributed by atoms with van der Waals surface area (Å²) in [5.74, 6) is 0.164. The largest absolute Gasteiger partial charge is 0.457 e. The molecule has 0 unspecified atom stereocenters. The second kappa shape index (κ2) is 8.08. The predicted molar refractivity (Wildman–Crippen MR) is 121 cm³/mol. The molecular formula is C21H18N6O4S. The Bertz CT molecular complexity index is 1220. The summed E-state index contributed by atoms with van der Waals surface area (Å²) in [5.41, 5.74) is 0.567. The van der Waals surface area contributed by atoms with E-state index in [4.69, 9.17) is 9.83 Å². The molecule has 1 aromatic heterocycles. The van der Waals surface area contributed by atoms with Crippen molar-refractivity contribution in [2.24, 2.45) is 10.1 Å². The number of nitrogens with one attached hydrogen (secondary N) is 1. The average Bonchev–Trinajstić information content (AvgIpc) is 3.45. The Hall–Kier alpha value is -3.73. The molecule has 1 aromatic carbocycles. The second-order valence-corrected chi connectivity index (χ2v) is 8.39. The van der Waals surface area contributed by atoms with Crippen LogP contribution in [0.4, 0.5) is 5.69 Å². The van der Waals surface area contributed by atoms with Crippen molar-refractivity contribution >= 4 is 45.6 Å². The van der Waals surface area contributed by atoms with Crippen molar-refractivity contribution in [1.82, 2.24) is 9.91 Å². The van der Waals surface area contributed by atoms with E-state index < -0.39 is 10.8 Å². The molecule has 1 N–H and O–H groups in total. The minimum absolute atomic E-state index is 0.0428. The lowest BCUT2D eigenvalue weighted by atomic mass is 10.1. The fourth-order valence-corrected chi connectivity index (χ4v) is 4.64. The lowest BCUT2D eigenvalue weighted by molar-refractivity contribution is -0.384. The number of piperidine rings is 1. The van der Waals surface area contributed by atoms with Crippen LogP contribution in [-0.2, 0) is 4.79 Å². The zero-order valence-electron chi connectivity index (χ0n) is 16.9. The number of likely N-dealkylation sites (tertiary alicyclic amines) is 1. The Morgan fingerprint density at radius 2 is 1.97 bits per heavy atom. The zero-order valence-corrected chi connectivity index (χ0v) is 17.7. The number of hydrogen-bond donors (Lipinski definition) is 1. The number of furan rings is 1. The maximum Gasteiger partial charge on any atom is 0.283 e. The van der Waals surface area contributed by atoms with E-state index in [1.807, 2.05) is 0 Å². The van der Waals surface area contributed by atoms with Crippen LogP contribution in [0, 0.1) is 15.5 Å². The SMILES string of the molecule is N=C1/C(=C\c2ccc(-c3cccc([N+](=O)[O-])c3)o2)C(=O)N=C2SC(N3CCCCC3)=NN12. The topological polar surface area (TPSA) is 128 Å². The van der Waals surface area contributed by atoms with E-state index in [1.54, 1.807) is 24.3 Å². The molecule has 0 spiro atoms. The smallest absolute Gasteiger partial charge is 0.283 e. The molecule has 0 bridgehead atoms. The summed E-state index contributed by atoms with van der Waals surface area (Å²) in [7, 11) is 0. The van der Waals surface area contributed by atoms with Gasteiger partial charge < -0.3 is 9.32 Å². The van der Waals surface area contributed by atoms with Crippen LogP contribution in [0.3, 0.4) is 0 Å². The highest BCUT2D eigenvalue weighted by atomic mass is 32.2. The van der Waals surface area contributed by atoms with Gasteiger partial charge in [-0.15, -0.1) is 5.10 Å². The number of amidine groups is 3. The Morgan fingerprint density at radius 3 is 2.75 bits per heavy atom. The van der Waals surface area contributed by atoms with Gasteiger partial charge in [-0.05, 0) is 49.2 Å². The number of rotatable bonds is 3. The number of carbonyl (C=O) groups is 1. The number of hydrogen-bond acceptors (Lipinski definition) is 8. The summed E-state index contributed by atoms with van der Waals surface area (Å²) in [5, 5.41) is 26.6. The van der Waals surface area contributed by atoms with E-state index in [2.05, 4.69) is 15.0 Å². The number of benzene rings is 1. The van der Waals surface area contributed by atoms with Crippen LogP contribution in [-0.4, -0.2) is 50.0 Å². The van der Waals surface area contributed by atoms with Crippen molar-refractivity contribution in [1.29, 1.82) is 5.41 Å². The first-order valence-corrected chi connectivity index (χ1v) is 10.9.